The van der Waals surface area contributed by atoms with Crippen molar-refractivity contribution in [3.05, 3.63) is 38.4 Å². The molecule has 0 amide bonds. The van der Waals surface area contributed by atoms with E-state index in [4.69, 9.17) is 4.74 Å². The van der Waals surface area contributed by atoms with E-state index in [1.807, 2.05) is 7.05 Å². The molecule has 13 heteroatoms. The Bertz CT molecular complexity index is 730. The van der Waals surface area contributed by atoms with Crippen LogP contribution in [-0.2, 0) is 18.8 Å². The first-order valence-corrected chi connectivity index (χ1v) is 9.64. The Labute approximate surface area is 163 Å². The van der Waals surface area contributed by atoms with E-state index in [0.29, 0.717) is 13.2 Å². The minimum Gasteiger partial charge on any atom is -0.481 e. The van der Waals surface area contributed by atoms with Crippen LogP contribution in [0.1, 0.15) is 19.8 Å². The molecular weight excluding hydrogens is 398 g/mol. The van der Waals surface area contributed by atoms with Gasteiger partial charge in [0.1, 0.15) is 13.2 Å². The van der Waals surface area contributed by atoms with Crippen LogP contribution in [0.25, 0.3) is 0 Å². The Balaban J connectivity index is 0.000000887. The number of unbranched alkanes of at least 4 members (excludes halogenated alkanes) is 1. The molecule has 1 N–H and O–H groups in total. The van der Waals surface area contributed by atoms with Crippen molar-refractivity contribution in [2.45, 2.75) is 19.8 Å². The molecule has 1 aromatic carbocycles. The molecule has 0 aliphatic rings. The fraction of sp³-hybridized carbons (Fsp3) is 0.600. The highest BCUT2D eigenvalue weighted by Gasteiger charge is 2.20. The van der Waals surface area contributed by atoms with Crippen LogP contribution < -0.4 is 9.64 Å². The molecule has 0 bridgehead atoms. The lowest BCUT2D eigenvalue weighted by atomic mass is 10.2. The number of nitro groups is 2. The van der Waals surface area contributed by atoms with Crippen LogP contribution in [-0.4, -0.2) is 59.2 Å². The number of hydrogen-bond acceptors (Lipinski definition) is 9. The summed E-state index contributed by atoms with van der Waals surface area (Å²) in [5.74, 6) is 0.0638. The summed E-state index contributed by atoms with van der Waals surface area (Å²) < 4.78 is 32.9. The Morgan fingerprint density at radius 3 is 2.11 bits per heavy atom. The number of ether oxygens (including phenoxy) is 1. The predicted molar refractivity (Wildman–Crippen MR) is 99.7 cm³/mol. The van der Waals surface area contributed by atoms with Gasteiger partial charge in [0, 0.05) is 6.07 Å². The molecule has 1 rings (SSSR count). The van der Waals surface area contributed by atoms with Gasteiger partial charge in [-0.25, -0.2) is 0 Å². The van der Waals surface area contributed by atoms with Gasteiger partial charge in [-0.3, -0.25) is 28.6 Å². The second-order valence-electron chi connectivity index (χ2n) is 5.57. The number of nitro benzene ring substituents is 2. The summed E-state index contributed by atoms with van der Waals surface area (Å²) in [6.45, 7) is 4.18. The van der Waals surface area contributed by atoms with E-state index in [1.54, 1.807) is 0 Å². The molecule has 1 atom stereocenters. The van der Waals surface area contributed by atoms with Crippen LogP contribution in [0.3, 0.4) is 0 Å². The molecule has 12 nitrogen and oxygen atoms in total. The van der Waals surface area contributed by atoms with Crippen molar-refractivity contribution < 1.29 is 36.3 Å². The molecule has 1 unspecified atom stereocenters. The molecule has 0 saturated carbocycles. The Kier molecular flexibility index (Phi) is 11.8. The van der Waals surface area contributed by atoms with Gasteiger partial charge < -0.3 is 9.64 Å². The molecule has 0 spiro atoms. The van der Waals surface area contributed by atoms with E-state index < -0.39 is 20.2 Å². The maximum atomic E-state index is 10.9. The minimum absolute atomic E-state index is 0.0638. The maximum absolute atomic E-state index is 10.9. The van der Waals surface area contributed by atoms with E-state index in [-0.39, 0.29) is 17.1 Å². The average Bonchev–Trinajstić information content (AvgIpc) is 2.66. The second-order valence-corrected chi connectivity index (χ2v) is 7.05. The third-order valence-electron chi connectivity index (χ3n) is 3.50. The van der Waals surface area contributed by atoms with E-state index in [1.165, 1.54) is 17.0 Å². The topological polar surface area (TPSA) is 153 Å². The van der Waals surface area contributed by atoms with Crippen LogP contribution in [0.4, 0.5) is 11.4 Å². The zero-order chi connectivity index (χ0) is 21.7. The monoisotopic (exact) mass is 424 g/mol. The van der Waals surface area contributed by atoms with Crippen LogP contribution >= 0.6 is 0 Å². The van der Waals surface area contributed by atoms with Crippen LogP contribution in [0.2, 0.25) is 0 Å². The van der Waals surface area contributed by atoms with Gasteiger partial charge in [0.25, 0.3) is 5.69 Å². The standard InChI is InChI=1S/C13H19N3O5.C2H6O4S/c1-3-4-7-14(2)8-9-21-13-6-5-11(15(17)18)10-12(13)16(19)20;1-5-7(3,4)6-2/h5-6,10H,3-4,7-9H2,1-2H3;1-2H3/p+1. The normalized spacial score (nSPS) is 11.9. The zero-order valence-corrected chi connectivity index (χ0v) is 17.1. The molecule has 0 aliphatic carbocycles. The van der Waals surface area contributed by atoms with Crippen LogP contribution in [0.15, 0.2) is 18.2 Å². The summed E-state index contributed by atoms with van der Waals surface area (Å²) in [6.07, 6.45) is 2.23. The highest BCUT2D eigenvalue weighted by Crippen LogP contribution is 2.30. The molecule has 0 saturated heterocycles. The van der Waals surface area contributed by atoms with Gasteiger partial charge in [0.15, 0.2) is 5.75 Å². The van der Waals surface area contributed by atoms with Gasteiger partial charge in [-0.15, -0.1) is 0 Å². The predicted octanol–water partition coefficient (Wildman–Crippen LogP) is 0.721. The largest absolute Gasteiger partial charge is 0.481 e. The quantitative estimate of drug-likeness (QED) is 0.400. The smallest absolute Gasteiger partial charge is 0.399 e. The minimum atomic E-state index is -3.66. The first-order chi connectivity index (χ1) is 13.1. The van der Waals surface area contributed by atoms with Crippen molar-refractivity contribution in [1.29, 1.82) is 0 Å². The number of benzene rings is 1. The fourth-order valence-corrected chi connectivity index (χ4v) is 2.03. The first kappa shape index (κ1) is 25.6. The highest BCUT2D eigenvalue weighted by molar-refractivity contribution is 7.81. The van der Waals surface area contributed by atoms with E-state index in [2.05, 4.69) is 15.3 Å². The summed E-state index contributed by atoms with van der Waals surface area (Å²) in [5, 5.41) is 21.6. The van der Waals surface area contributed by atoms with Gasteiger partial charge >= 0.3 is 16.1 Å². The lowest BCUT2D eigenvalue weighted by Gasteiger charge is -2.13. The molecule has 0 radical (unpaired) electrons. The van der Waals surface area contributed by atoms with E-state index >= 15 is 0 Å². The SMILES string of the molecule is CCCC[NH+](C)CCOc1ccc([N+](=O)[O-])cc1[N+](=O)[O-].COS(=O)(=O)OC. The number of non-ortho nitro benzene ring substituents is 1. The molecule has 0 fully saturated rings. The Hall–Kier alpha value is -2.35. The average molecular weight is 424 g/mol. The van der Waals surface area contributed by atoms with Crippen molar-refractivity contribution in [3.63, 3.8) is 0 Å². The van der Waals surface area contributed by atoms with Crippen LogP contribution in [0, 0.1) is 20.2 Å². The highest BCUT2D eigenvalue weighted by atomic mass is 32.3. The molecule has 28 heavy (non-hydrogen) atoms. The molecule has 1 aromatic rings. The summed E-state index contributed by atoms with van der Waals surface area (Å²) in [5.41, 5.74) is -0.699. The lowest BCUT2D eigenvalue weighted by Crippen LogP contribution is -3.09. The third-order valence-corrected chi connectivity index (χ3v) is 4.32. The van der Waals surface area contributed by atoms with E-state index in [9.17, 15) is 28.6 Å². The number of quaternary nitrogens is 1. The van der Waals surface area contributed by atoms with Crippen molar-refractivity contribution >= 4 is 21.8 Å². The number of nitrogens with one attached hydrogen (secondary N) is 1. The van der Waals surface area contributed by atoms with Gasteiger partial charge in [0.2, 0.25) is 0 Å². The number of rotatable bonds is 11. The summed E-state index contributed by atoms with van der Waals surface area (Å²) in [4.78, 5) is 21.5. The first-order valence-electron chi connectivity index (χ1n) is 8.31. The van der Waals surface area contributed by atoms with Gasteiger partial charge in [-0.1, -0.05) is 13.3 Å². The fourth-order valence-electron chi connectivity index (χ4n) is 1.89. The van der Waals surface area contributed by atoms with Crippen molar-refractivity contribution in [2.24, 2.45) is 0 Å². The van der Waals surface area contributed by atoms with Crippen LogP contribution in [0.5, 0.6) is 5.75 Å². The van der Waals surface area contributed by atoms with Gasteiger partial charge in [-0.05, 0) is 12.5 Å². The molecule has 160 valence electrons. The summed E-state index contributed by atoms with van der Waals surface area (Å²) in [7, 11) is 0.427. The van der Waals surface area contributed by atoms with Crippen molar-refractivity contribution in [3.8, 4) is 5.75 Å². The van der Waals surface area contributed by atoms with Gasteiger partial charge in [0.05, 0.1) is 43.7 Å². The Morgan fingerprint density at radius 1 is 1.07 bits per heavy atom. The molecule has 0 heterocycles. The third kappa shape index (κ3) is 10.1. The number of hydrogen-bond donors (Lipinski definition) is 1. The molecular formula is C15H26N3O9S+. The van der Waals surface area contributed by atoms with Crippen molar-refractivity contribution in [1.82, 2.24) is 0 Å². The molecule has 0 aromatic heterocycles. The van der Waals surface area contributed by atoms with Gasteiger partial charge in [-0.2, -0.15) is 8.42 Å². The van der Waals surface area contributed by atoms with E-state index in [0.717, 1.165) is 39.7 Å². The second kappa shape index (κ2) is 12.9. The molecule has 0 aliphatic heterocycles. The summed E-state index contributed by atoms with van der Waals surface area (Å²) >= 11 is 0. The zero-order valence-electron chi connectivity index (χ0n) is 16.2. The lowest BCUT2D eigenvalue weighted by molar-refractivity contribution is -0.879. The number of likely N-dealkylation sites (N-methyl/N-ethyl adjacent to an activating group) is 1. The number of nitrogens with zero attached hydrogens (tertiary/aromatic N) is 2. The Morgan fingerprint density at radius 2 is 1.68 bits per heavy atom. The summed E-state index contributed by atoms with van der Waals surface area (Å²) in [6, 6.07) is 3.40. The maximum Gasteiger partial charge on any atom is 0.399 e. The van der Waals surface area contributed by atoms with Crippen molar-refractivity contribution in [2.75, 3.05) is 41.0 Å².